The largest absolute Gasteiger partial charge is 0.383 e. The van der Waals surface area contributed by atoms with Crippen LogP contribution in [0.2, 0.25) is 0 Å². The summed E-state index contributed by atoms with van der Waals surface area (Å²) in [4.78, 5) is 25.0. The molecule has 1 aliphatic rings. The van der Waals surface area contributed by atoms with Gasteiger partial charge in [0, 0.05) is 63.3 Å². The molecule has 132 valence electrons. The van der Waals surface area contributed by atoms with E-state index in [9.17, 15) is 4.79 Å². The number of carbonyl (C=O) groups is 1. The van der Waals surface area contributed by atoms with Gasteiger partial charge in [-0.25, -0.2) is 4.98 Å². The minimum absolute atomic E-state index is 0.236. The number of amides is 1. The summed E-state index contributed by atoms with van der Waals surface area (Å²) < 4.78 is 0. The number of hydrogen-bond acceptors (Lipinski definition) is 5. The number of carbonyl (C=O) groups excluding carboxylic acids is 1. The van der Waals surface area contributed by atoms with Gasteiger partial charge in [0.1, 0.15) is 5.82 Å². The SMILES string of the molecule is Nc1ncccc1CN1CCCN(C(=O)CCc2ccncc2)CC1. The molecule has 25 heavy (non-hydrogen) atoms. The highest BCUT2D eigenvalue weighted by Gasteiger charge is 2.19. The van der Waals surface area contributed by atoms with Gasteiger partial charge in [0.25, 0.3) is 0 Å². The first-order valence-corrected chi connectivity index (χ1v) is 8.81. The molecule has 1 amide bonds. The number of rotatable bonds is 5. The second-order valence-electron chi connectivity index (χ2n) is 6.41. The Balaban J connectivity index is 1.49. The molecular weight excluding hydrogens is 314 g/mol. The highest BCUT2D eigenvalue weighted by molar-refractivity contribution is 5.76. The van der Waals surface area contributed by atoms with Gasteiger partial charge in [0.05, 0.1) is 0 Å². The molecule has 2 aromatic heterocycles. The van der Waals surface area contributed by atoms with Crippen molar-refractivity contribution in [1.29, 1.82) is 0 Å². The predicted octanol–water partition coefficient (Wildman–Crippen LogP) is 1.73. The molecule has 3 rings (SSSR count). The van der Waals surface area contributed by atoms with E-state index in [0.29, 0.717) is 12.2 Å². The van der Waals surface area contributed by atoms with E-state index in [1.165, 1.54) is 0 Å². The van der Waals surface area contributed by atoms with E-state index < -0.39 is 0 Å². The van der Waals surface area contributed by atoms with Crippen LogP contribution in [0.4, 0.5) is 5.82 Å². The van der Waals surface area contributed by atoms with E-state index in [1.807, 2.05) is 29.2 Å². The summed E-state index contributed by atoms with van der Waals surface area (Å²) in [5.41, 5.74) is 8.16. The molecule has 1 aliphatic heterocycles. The van der Waals surface area contributed by atoms with E-state index in [0.717, 1.165) is 56.7 Å². The van der Waals surface area contributed by atoms with Gasteiger partial charge in [0.15, 0.2) is 0 Å². The zero-order valence-electron chi connectivity index (χ0n) is 14.5. The van der Waals surface area contributed by atoms with Crippen LogP contribution in [-0.4, -0.2) is 51.9 Å². The summed E-state index contributed by atoms with van der Waals surface area (Å²) in [6.07, 6.45) is 7.57. The Hall–Kier alpha value is -2.47. The third kappa shape index (κ3) is 5.00. The Bertz CT molecular complexity index is 691. The maximum absolute atomic E-state index is 12.5. The zero-order valence-corrected chi connectivity index (χ0v) is 14.5. The van der Waals surface area contributed by atoms with Crippen molar-refractivity contribution in [3.8, 4) is 0 Å². The number of anilines is 1. The highest BCUT2D eigenvalue weighted by atomic mass is 16.2. The molecule has 3 heterocycles. The first-order valence-electron chi connectivity index (χ1n) is 8.81. The van der Waals surface area contributed by atoms with Gasteiger partial charge in [-0.3, -0.25) is 14.7 Å². The van der Waals surface area contributed by atoms with Crippen molar-refractivity contribution < 1.29 is 4.79 Å². The lowest BCUT2D eigenvalue weighted by Gasteiger charge is -2.22. The summed E-state index contributed by atoms with van der Waals surface area (Å²) in [6, 6.07) is 7.87. The first-order chi connectivity index (χ1) is 12.2. The molecular formula is C19H25N5O. The molecule has 0 atom stereocenters. The number of aromatic nitrogens is 2. The van der Waals surface area contributed by atoms with Crippen molar-refractivity contribution >= 4 is 11.7 Å². The lowest BCUT2D eigenvalue weighted by molar-refractivity contribution is -0.131. The van der Waals surface area contributed by atoms with E-state index >= 15 is 0 Å². The minimum atomic E-state index is 0.236. The van der Waals surface area contributed by atoms with Gasteiger partial charge in [-0.15, -0.1) is 0 Å². The highest BCUT2D eigenvalue weighted by Crippen LogP contribution is 2.14. The van der Waals surface area contributed by atoms with E-state index in [1.54, 1.807) is 18.6 Å². The van der Waals surface area contributed by atoms with Crippen LogP contribution in [0.1, 0.15) is 24.0 Å². The van der Waals surface area contributed by atoms with Crippen LogP contribution in [0.25, 0.3) is 0 Å². The van der Waals surface area contributed by atoms with Crippen LogP contribution in [-0.2, 0) is 17.8 Å². The van der Waals surface area contributed by atoms with Crippen molar-refractivity contribution in [3.63, 3.8) is 0 Å². The number of aryl methyl sites for hydroxylation is 1. The predicted molar refractivity (Wildman–Crippen MR) is 97.7 cm³/mol. The first kappa shape index (κ1) is 17.4. The van der Waals surface area contributed by atoms with Gasteiger partial charge in [0.2, 0.25) is 5.91 Å². The van der Waals surface area contributed by atoms with Crippen LogP contribution in [0, 0.1) is 0 Å². The summed E-state index contributed by atoms with van der Waals surface area (Å²) >= 11 is 0. The monoisotopic (exact) mass is 339 g/mol. The van der Waals surface area contributed by atoms with Gasteiger partial charge in [-0.05, 0) is 36.6 Å². The second-order valence-corrected chi connectivity index (χ2v) is 6.41. The van der Waals surface area contributed by atoms with Crippen molar-refractivity contribution in [1.82, 2.24) is 19.8 Å². The molecule has 6 heteroatoms. The summed E-state index contributed by atoms with van der Waals surface area (Å²) in [5.74, 6) is 0.830. The molecule has 0 unspecified atom stereocenters. The fourth-order valence-corrected chi connectivity index (χ4v) is 3.16. The minimum Gasteiger partial charge on any atom is -0.383 e. The molecule has 1 saturated heterocycles. The van der Waals surface area contributed by atoms with Gasteiger partial charge < -0.3 is 10.6 Å². The third-order valence-corrected chi connectivity index (χ3v) is 4.64. The Labute approximate surface area is 148 Å². The molecule has 0 radical (unpaired) electrons. The van der Waals surface area contributed by atoms with E-state index in [-0.39, 0.29) is 5.91 Å². The smallest absolute Gasteiger partial charge is 0.222 e. The number of nitrogen functional groups attached to an aromatic ring is 1. The normalized spacial score (nSPS) is 15.8. The molecule has 0 bridgehead atoms. The lowest BCUT2D eigenvalue weighted by atomic mass is 10.1. The number of hydrogen-bond donors (Lipinski definition) is 1. The van der Waals surface area contributed by atoms with Crippen LogP contribution in [0.5, 0.6) is 0 Å². The van der Waals surface area contributed by atoms with E-state index in [4.69, 9.17) is 5.73 Å². The van der Waals surface area contributed by atoms with Crippen LogP contribution in [0.3, 0.4) is 0 Å². The van der Waals surface area contributed by atoms with Crippen molar-refractivity contribution in [2.45, 2.75) is 25.8 Å². The van der Waals surface area contributed by atoms with Crippen molar-refractivity contribution in [2.75, 3.05) is 31.9 Å². The average Bonchev–Trinajstić information content (AvgIpc) is 2.88. The summed E-state index contributed by atoms with van der Waals surface area (Å²) in [5, 5.41) is 0. The van der Waals surface area contributed by atoms with Crippen LogP contribution in [0.15, 0.2) is 42.9 Å². The average molecular weight is 339 g/mol. The van der Waals surface area contributed by atoms with Crippen molar-refractivity contribution in [3.05, 3.63) is 54.0 Å². The summed E-state index contributed by atoms with van der Waals surface area (Å²) in [6.45, 7) is 4.24. The fourth-order valence-electron chi connectivity index (χ4n) is 3.16. The third-order valence-electron chi connectivity index (χ3n) is 4.64. The summed E-state index contributed by atoms with van der Waals surface area (Å²) in [7, 11) is 0. The van der Waals surface area contributed by atoms with Crippen LogP contribution < -0.4 is 5.73 Å². The Morgan fingerprint density at radius 2 is 1.92 bits per heavy atom. The van der Waals surface area contributed by atoms with Gasteiger partial charge in [-0.1, -0.05) is 6.07 Å². The van der Waals surface area contributed by atoms with Gasteiger partial charge >= 0.3 is 0 Å². The maximum atomic E-state index is 12.5. The number of pyridine rings is 2. The lowest BCUT2D eigenvalue weighted by Crippen LogP contribution is -2.35. The number of nitrogens with zero attached hydrogens (tertiary/aromatic N) is 4. The Morgan fingerprint density at radius 1 is 1.08 bits per heavy atom. The molecule has 2 N–H and O–H groups in total. The topological polar surface area (TPSA) is 75.3 Å². The molecule has 0 aromatic carbocycles. The fraction of sp³-hybridized carbons (Fsp3) is 0.421. The Morgan fingerprint density at radius 3 is 2.72 bits per heavy atom. The molecule has 0 saturated carbocycles. The maximum Gasteiger partial charge on any atom is 0.222 e. The zero-order chi connectivity index (χ0) is 17.5. The second kappa shape index (κ2) is 8.58. The molecule has 6 nitrogen and oxygen atoms in total. The molecule has 0 aliphatic carbocycles. The Kier molecular flexibility index (Phi) is 5.95. The molecule has 1 fully saturated rings. The van der Waals surface area contributed by atoms with E-state index in [2.05, 4.69) is 14.9 Å². The quantitative estimate of drug-likeness (QED) is 0.898. The van der Waals surface area contributed by atoms with Crippen molar-refractivity contribution in [2.24, 2.45) is 0 Å². The molecule has 0 spiro atoms. The number of nitrogens with two attached hydrogens (primary N) is 1. The van der Waals surface area contributed by atoms with Crippen LogP contribution >= 0.6 is 0 Å². The van der Waals surface area contributed by atoms with Gasteiger partial charge in [-0.2, -0.15) is 0 Å². The standard InChI is InChI=1S/C19H25N5O/c20-19-17(3-1-8-22-19)15-23-11-2-12-24(14-13-23)18(25)5-4-16-6-9-21-10-7-16/h1,3,6-10H,2,4-5,11-15H2,(H2,20,22). The molecule has 2 aromatic rings.